The summed E-state index contributed by atoms with van der Waals surface area (Å²) in [4.78, 5) is 33.2. The van der Waals surface area contributed by atoms with Gasteiger partial charge in [-0.25, -0.2) is 9.97 Å². The molecule has 0 aliphatic heterocycles. The summed E-state index contributed by atoms with van der Waals surface area (Å²) in [5, 5.41) is 5.82. The van der Waals surface area contributed by atoms with Gasteiger partial charge in [-0.1, -0.05) is 0 Å². The molecule has 2 amide bonds. The number of hydrogen-bond acceptors (Lipinski definition) is 5. The number of hydrogen-bond donors (Lipinski definition) is 2. The molecule has 0 bridgehead atoms. The van der Waals surface area contributed by atoms with Crippen LogP contribution in [-0.4, -0.2) is 39.8 Å². The Morgan fingerprint density at radius 2 is 1.67 bits per heavy atom. The van der Waals surface area contributed by atoms with Crippen LogP contribution in [-0.2, 0) is 4.79 Å². The second-order valence-electron chi connectivity index (χ2n) is 5.15. The van der Waals surface area contributed by atoms with Crippen molar-refractivity contribution in [3.63, 3.8) is 0 Å². The van der Waals surface area contributed by atoms with E-state index in [4.69, 9.17) is 0 Å². The molecule has 2 aromatic rings. The molecule has 0 saturated heterocycles. The lowest BCUT2D eigenvalue weighted by Gasteiger charge is -2.18. The minimum Gasteiger partial charge on any atom is -0.340 e. The van der Waals surface area contributed by atoms with Crippen molar-refractivity contribution in [3.8, 4) is 0 Å². The molecule has 0 fully saturated rings. The molecule has 2 rings (SSSR count). The van der Waals surface area contributed by atoms with Gasteiger partial charge in [0.05, 0.1) is 0 Å². The van der Waals surface area contributed by atoms with E-state index >= 15 is 0 Å². The first kappa shape index (κ1) is 17.4. The van der Waals surface area contributed by atoms with Gasteiger partial charge in [0.1, 0.15) is 17.8 Å². The zero-order valence-electron chi connectivity index (χ0n) is 14.0. The van der Waals surface area contributed by atoms with Crippen LogP contribution in [0, 0.1) is 0 Å². The zero-order valence-corrected chi connectivity index (χ0v) is 14.0. The van der Waals surface area contributed by atoms with E-state index in [1.807, 2.05) is 26.0 Å². The summed E-state index contributed by atoms with van der Waals surface area (Å²) in [5.74, 6) is 0.297. The van der Waals surface area contributed by atoms with E-state index in [1.54, 1.807) is 23.1 Å². The summed E-state index contributed by atoms with van der Waals surface area (Å²) < 4.78 is 0. The molecule has 0 aliphatic rings. The molecule has 7 heteroatoms. The molecular weight excluding hydrogens is 306 g/mol. The first-order valence-corrected chi connectivity index (χ1v) is 7.79. The van der Waals surface area contributed by atoms with Gasteiger partial charge in [0.15, 0.2) is 0 Å². The number of carbonyl (C=O) groups is 2. The fourth-order valence-corrected chi connectivity index (χ4v) is 2.20. The fraction of sp³-hybridized carbons (Fsp3) is 0.294. The van der Waals surface area contributed by atoms with Gasteiger partial charge in [0, 0.05) is 37.5 Å². The van der Waals surface area contributed by atoms with Crippen molar-refractivity contribution >= 4 is 29.0 Å². The summed E-state index contributed by atoms with van der Waals surface area (Å²) in [5.41, 5.74) is 1.86. The van der Waals surface area contributed by atoms with Gasteiger partial charge in [-0.05, 0) is 38.1 Å². The molecule has 2 N–H and O–H groups in total. The SMILES string of the molecule is CCN(CC)C(=O)c1cc(Nc2ccc(NC(C)=O)cc2)ncn1. The number of amides is 2. The van der Waals surface area contributed by atoms with Crippen LogP contribution in [0.1, 0.15) is 31.3 Å². The molecule has 0 atom stereocenters. The van der Waals surface area contributed by atoms with E-state index in [0.29, 0.717) is 30.3 Å². The van der Waals surface area contributed by atoms with E-state index in [0.717, 1.165) is 5.69 Å². The van der Waals surface area contributed by atoms with Gasteiger partial charge < -0.3 is 15.5 Å². The van der Waals surface area contributed by atoms with Gasteiger partial charge >= 0.3 is 0 Å². The van der Waals surface area contributed by atoms with Crippen molar-refractivity contribution in [2.24, 2.45) is 0 Å². The lowest BCUT2D eigenvalue weighted by molar-refractivity contribution is -0.114. The first-order chi connectivity index (χ1) is 11.5. The van der Waals surface area contributed by atoms with Gasteiger partial charge in [-0.2, -0.15) is 0 Å². The normalized spacial score (nSPS) is 10.1. The summed E-state index contributed by atoms with van der Waals surface area (Å²) in [6.07, 6.45) is 1.37. The maximum absolute atomic E-state index is 12.3. The molecular formula is C17H21N5O2. The number of aromatic nitrogens is 2. The molecule has 24 heavy (non-hydrogen) atoms. The molecule has 1 aromatic heterocycles. The van der Waals surface area contributed by atoms with Crippen LogP contribution in [0.25, 0.3) is 0 Å². The molecule has 0 unspecified atom stereocenters. The van der Waals surface area contributed by atoms with E-state index in [1.165, 1.54) is 13.3 Å². The van der Waals surface area contributed by atoms with Gasteiger partial charge in [-0.3, -0.25) is 9.59 Å². The summed E-state index contributed by atoms with van der Waals surface area (Å²) in [6.45, 7) is 6.58. The van der Waals surface area contributed by atoms with Crippen molar-refractivity contribution in [2.75, 3.05) is 23.7 Å². The van der Waals surface area contributed by atoms with Gasteiger partial charge in [0.25, 0.3) is 5.91 Å². The van der Waals surface area contributed by atoms with E-state index in [9.17, 15) is 9.59 Å². The Bertz CT molecular complexity index is 711. The summed E-state index contributed by atoms with van der Waals surface area (Å²) in [7, 11) is 0. The van der Waals surface area contributed by atoms with Crippen LogP contribution in [0.15, 0.2) is 36.7 Å². The highest BCUT2D eigenvalue weighted by molar-refractivity contribution is 5.93. The third-order valence-electron chi connectivity index (χ3n) is 3.41. The lowest BCUT2D eigenvalue weighted by Crippen LogP contribution is -2.31. The Kier molecular flexibility index (Phi) is 5.83. The number of rotatable bonds is 6. The molecule has 0 radical (unpaired) electrons. The van der Waals surface area contributed by atoms with Crippen molar-refractivity contribution in [1.29, 1.82) is 0 Å². The zero-order chi connectivity index (χ0) is 17.5. The van der Waals surface area contributed by atoms with Crippen LogP contribution in [0.2, 0.25) is 0 Å². The molecule has 1 aromatic carbocycles. The van der Waals surface area contributed by atoms with Crippen molar-refractivity contribution < 1.29 is 9.59 Å². The highest BCUT2D eigenvalue weighted by atomic mass is 16.2. The molecule has 1 heterocycles. The molecule has 0 aliphatic carbocycles. The Labute approximate surface area is 141 Å². The Hall–Kier alpha value is -2.96. The molecule has 0 spiro atoms. The molecule has 126 valence electrons. The second kappa shape index (κ2) is 8.05. The highest BCUT2D eigenvalue weighted by Crippen LogP contribution is 2.18. The Balaban J connectivity index is 2.11. The fourth-order valence-electron chi connectivity index (χ4n) is 2.20. The minimum absolute atomic E-state index is 0.119. The number of benzene rings is 1. The largest absolute Gasteiger partial charge is 0.340 e. The lowest BCUT2D eigenvalue weighted by atomic mass is 10.2. The highest BCUT2D eigenvalue weighted by Gasteiger charge is 2.14. The third kappa shape index (κ3) is 4.52. The van der Waals surface area contributed by atoms with E-state index in [2.05, 4.69) is 20.6 Å². The summed E-state index contributed by atoms with van der Waals surface area (Å²) in [6, 6.07) is 8.83. The van der Waals surface area contributed by atoms with Gasteiger partial charge in [-0.15, -0.1) is 0 Å². The van der Waals surface area contributed by atoms with E-state index < -0.39 is 0 Å². The molecule has 0 saturated carbocycles. The quantitative estimate of drug-likeness (QED) is 0.852. The van der Waals surface area contributed by atoms with Crippen LogP contribution >= 0.6 is 0 Å². The van der Waals surface area contributed by atoms with Crippen molar-refractivity contribution in [2.45, 2.75) is 20.8 Å². The predicted molar refractivity (Wildman–Crippen MR) is 93.3 cm³/mol. The third-order valence-corrected chi connectivity index (χ3v) is 3.41. The van der Waals surface area contributed by atoms with Crippen LogP contribution < -0.4 is 10.6 Å². The van der Waals surface area contributed by atoms with Crippen LogP contribution in [0.4, 0.5) is 17.2 Å². The number of nitrogens with zero attached hydrogens (tertiary/aromatic N) is 3. The van der Waals surface area contributed by atoms with Gasteiger partial charge in [0.2, 0.25) is 5.91 Å². The van der Waals surface area contributed by atoms with E-state index in [-0.39, 0.29) is 11.8 Å². The summed E-state index contributed by atoms with van der Waals surface area (Å²) >= 11 is 0. The molecule has 7 nitrogen and oxygen atoms in total. The Morgan fingerprint density at radius 3 is 2.25 bits per heavy atom. The number of anilines is 3. The first-order valence-electron chi connectivity index (χ1n) is 7.79. The van der Waals surface area contributed by atoms with Crippen molar-refractivity contribution in [1.82, 2.24) is 14.9 Å². The standard InChI is InChI=1S/C17H21N5O2/c1-4-22(5-2)17(24)15-10-16(19-11-18-15)21-14-8-6-13(7-9-14)20-12(3)23/h6-11H,4-5H2,1-3H3,(H,20,23)(H,18,19,21). The monoisotopic (exact) mass is 327 g/mol. The smallest absolute Gasteiger partial charge is 0.272 e. The maximum atomic E-state index is 12.3. The number of carbonyl (C=O) groups excluding carboxylic acids is 2. The van der Waals surface area contributed by atoms with Crippen molar-refractivity contribution in [3.05, 3.63) is 42.4 Å². The Morgan fingerprint density at radius 1 is 1.04 bits per heavy atom. The number of nitrogens with one attached hydrogen (secondary N) is 2. The maximum Gasteiger partial charge on any atom is 0.272 e. The minimum atomic E-state index is -0.119. The predicted octanol–water partition coefficient (Wildman–Crippen LogP) is 2.66. The second-order valence-corrected chi connectivity index (χ2v) is 5.15. The van der Waals surface area contributed by atoms with Crippen LogP contribution in [0.3, 0.4) is 0 Å². The average molecular weight is 327 g/mol. The van der Waals surface area contributed by atoms with Crippen LogP contribution in [0.5, 0.6) is 0 Å². The average Bonchev–Trinajstić information content (AvgIpc) is 2.57. The topological polar surface area (TPSA) is 87.2 Å².